The number of benzene rings is 2. The maximum atomic E-state index is 12.4. The first-order valence-electron chi connectivity index (χ1n) is 10.6. The molecule has 2 aromatic heterocycles. The molecule has 0 bridgehead atoms. The Labute approximate surface area is 190 Å². The summed E-state index contributed by atoms with van der Waals surface area (Å²) in [7, 11) is 0. The van der Waals surface area contributed by atoms with Crippen molar-refractivity contribution in [3.05, 3.63) is 71.0 Å². The molecule has 4 aromatic rings. The molecule has 0 fully saturated rings. The lowest BCUT2D eigenvalue weighted by molar-refractivity contribution is -0.153. The van der Waals surface area contributed by atoms with E-state index in [2.05, 4.69) is 10.4 Å². The van der Waals surface area contributed by atoms with Crippen molar-refractivity contribution in [2.45, 2.75) is 39.7 Å². The van der Waals surface area contributed by atoms with Gasteiger partial charge >= 0.3 is 5.97 Å². The van der Waals surface area contributed by atoms with Crippen molar-refractivity contribution in [1.82, 2.24) is 14.6 Å². The summed E-state index contributed by atoms with van der Waals surface area (Å²) in [5, 5.41) is 17.2. The summed E-state index contributed by atoms with van der Waals surface area (Å²) in [6.45, 7) is 5.39. The van der Waals surface area contributed by atoms with E-state index in [1.165, 1.54) is 6.92 Å². The average Bonchev–Trinajstić information content (AvgIpc) is 3.17. The summed E-state index contributed by atoms with van der Waals surface area (Å²) in [6, 6.07) is 16.4. The predicted molar refractivity (Wildman–Crippen MR) is 124 cm³/mol. The molecule has 0 saturated heterocycles. The number of aryl methyl sites for hydroxylation is 2. The number of nitrogens with one attached hydrogen (secondary N) is 1. The van der Waals surface area contributed by atoms with Gasteiger partial charge in [-0.25, -0.2) is 9.50 Å². The molecule has 0 aliphatic rings. The topological polar surface area (TPSA) is 109 Å². The van der Waals surface area contributed by atoms with Crippen molar-refractivity contribution in [2.75, 3.05) is 5.32 Å². The fourth-order valence-corrected chi connectivity index (χ4v) is 3.79. The van der Waals surface area contributed by atoms with E-state index >= 15 is 0 Å². The van der Waals surface area contributed by atoms with Crippen LogP contribution in [-0.2, 0) is 20.7 Å². The average molecular weight is 441 g/mol. The predicted octanol–water partition coefficient (Wildman–Crippen LogP) is 3.87. The minimum Gasteiger partial charge on any atom is -0.453 e. The van der Waals surface area contributed by atoms with Crippen LogP contribution in [0.15, 0.2) is 48.5 Å². The Morgan fingerprint density at radius 3 is 2.76 bits per heavy atom. The van der Waals surface area contributed by atoms with Gasteiger partial charge in [0.2, 0.25) is 0 Å². The number of anilines is 1. The van der Waals surface area contributed by atoms with Gasteiger partial charge in [0.05, 0.1) is 17.1 Å². The van der Waals surface area contributed by atoms with Gasteiger partial charge < -0.3 is 10.1 Å². The van der Waals surface area contributed by atoms with Gasteiger partial charge in [0.1, 0.15) is 0 Å². The SMILES string of the molecule is Cc1nc2c3ccccc3nn2c(C)c1CCC(=O)OC(C)C(=O)Nc1cccc(C#N)c1. The van der Waals surface area contributed by atoms with Crippen molar-refractivity contribution < 1.29 is 14.3 Å². The number of nitrogens with zero attached hydrogens (tertiary/aromatic N) is 4. The summed E-state index contributed by atoms with van der Waals surface area (Å²) >= 11 is 0. The van der Waals surface area contributed by atoms with Crippen LogP contribution in [0.25, 0.3) is 16.6 Å². The number of hydrogen-bond acceptors (Lipinski definition) is 6. The first kappa shape index (κ1) is 22.0. The van der Waals surface area contributed by atoms with Crippen molar-refractivity contribution in [3.8, 4) is 6.07 Å². The van der Waals surface area contributed by atoms with Gasteiger partial charge in [-0.2, -0.15) is 10.4 Å². The Kier molecular flexibility index (Phi) is 6.05. The molecule has 0 radical (unpaired) electrons. The quantitative estimate of drug-likeness (QED) is 0.455. The lowest BCUT2D eigenvalue weighted by Crippen LogP contribution is -2.30. The van der Waals surface area contributed by atoms with Crippen LogP contribution < -0.4 is 5.32 Å². The van der Waals surface area contributed by atoms with Crippen LogP contribution in [0, 0.1) is 25.2 Å². The lowest BCUT2D eigenvalue weighted by Gasteiger charge is -2.15. The first-order valence-corrected chi connectivity index (χ1v) is 10.6. The Bertz CT molecular complexity index is 1420. The third-order valence-electron chi connectivity index (χ3n) is 5.53. The second kappa shape index (κ2) is 9.09. The number of esters is 1. The van der Waals surface area contributed by atoms with Gasteiger partial charge in [0.15, 0.2) is 11.8 Å². The van der Waals surface area contributed by atoms with Gasteiger partial charge in [-0.1, -0.05) is 18.2 Å². The number of ether oxygens (including phenoxy) is 1. The highest BCUT2D eigenvalue weighted by Gasteiger charge is 2.20. The number of hydrogen-bond donors (Lipinski definition) is 1. The third kappa shape index (κ3) is 4.53. The fraction of sp³-hybridized carbons (Fsp3) is 0.240. The molecule has 4 rings (SSSR count). The molecule has 33 heavy (non-hydrogen) atoms. The van der Waals surface area contributed by atoms with Crippen LogP contribution in [0.2, 0.25) is 0 Å². The van der Waals surface area contributed by atoms with E-state index in [0.29, 0.717) is 17.7 Å². The van der Waals surface area contributed by atoms with Gasteiger partial charge in [0.25, 0.3) is 5.91 Å². The molecule has 1 atom stereocenters. The summed E-state index contributed by atoms with van der Waals surface area (Å²) < 4.78 is 7.13. The molecule has 1 N–H and O–H groups in total. The van der Waals surface area contributed by atoms with Gasteiger partial charge in [0, 0.05) is 28.9 Å². The van der Waals surface area contributed by atoms with Gasteiger partial charge in [-0.05, 0) is 63.1 Å². The van der Waals surface area contributed by atoms with Crippen molar-refractivity contribution in [2.24, 2.45) is 0 Å². The maximum Gasteiger partial charge on any atom is 0.306 e. The molecule has 2 aromatic carbocycles. The summed E-state index contributed by atoms with van der Waals surface area (Å²) in [6.07, 6.45) is -0.437. The molecular formula is C25H23N5O3. The molecule has 8 heteroatoms. The molecule has 1 amide bonds. The van der Waals surface area contributed by atoms with E-state index in [-0.39, 0.29) is 6.42 Å². The lowest BCUT2D eigenvalue weighted by atomic mass is 10.1. The van der Waals surface area contributed by atoms with Crippen LogP contribution in [0.1, 0.15) is 35.9 Å². The highest BCUT2D eigenvalue weighted by atomic mass is 16.5. The molecule has 166 valence electrons. The minimum absolute atomic E-state index is 0.108. The smallest absolute Gasteiger partial charge is 0.306 e. The fourth-order valence-electron chi connectivity index (χ4n) is 3.79. The van der Waals surface area contributed by atoms with Crippen LogP contribution in [0.4, 0.5) is 5.69 Å². The van der Waals surface area contributed by atoms with E-state index in [0.717, 1.165) is 33.5 Å². The van der Waals surface area contributed by atoms with Gasteiger partial charge in [-0.15, -0.1) is 0 Å². The summed E-state index contributed by atoms with van der Waals surface area (Å²) in [5.41, 5.74) is 5.24. The zero-order valence-electron chi connectivity index (χ0n) is 18.6. The number of nitriles is 1. The van der Waals surface area contributed by atoms with Crippen molar-refractivity contribution >= 4 is 34.1 Å². The number of carbonyl (C=O) groups excluding carboxylic acids is 2. The Balaban J connectivity index is 1.41. The summed E-state index contributed by atoms with van der Waals surface area (Å²) in [5.74, 6) is -0.940. The van der Waals surface area contributed by atoms with Crippen molar-refractivity contribution in [3.63, 3.8) is 0 Å². The number of carbonyl (C=O) groups is 2. The number of amides is 1. The monoisotopic (exact) mass is 441 g/mol. The molecule has 0 aliphatic carbocycles. The largest absolute Gasteiger partial charge is 0.453 e. The molecule has 1 unspecified atom stereocenters. The highest BCUT2D eigenvalue weighted by Crippen LogP contribution is 2.23. The standard InChI is InChI=1S/C25H23N5O3/c1-15-20(16(2)30-24(27-15)21-9-4-5-10-22(21)29-30)11-12-23(31)33-17(3)25(32)28-19-8-6-7-18(13-19)14-26/h4-10,13,17H,11-12H2,1-3H3,(H,28,32). The molecular weight excluding hydrogens is 418 g/mol. The molecule has 0 saturated carbocycles. The minimum atomic E-state index is -0.970. The zero-order valence-corrected chi connectivity index (χ0v) is 18.6. The van der Waals surface area contributed by atoms with Crippen LogP contribution in [-0.4, -0.2) is 32.6 Å². The first-order chi connectivity index (χ1) is 15.9. The molecule has 2 heterocycles. The number of fused-ring (bicyclic) bond motifs is 3. The maximum absolute atomic E-state index is 12.4. The molecule has 0 spiro atoms. The highest BCUT2D eigenvalue weighted by molar-refractivity contribution is 5.95. The summed E-state index contributed by atoms with van der Waals surface area (Å²) in [4.78, 5) is 29.5. The van der Waals surface area contributed by atoms with Crippen molar-refractivity contribution in [1.29, 1.82) is 5.26 Å². The van der Waals surface area contributed by atoms with E-state index in [9.17, 15) is 9.59 Å². The van der Waals surface area contributed by atoms with E-state index < -0.39 is 18.0 Å². The van der Waals surface area contributed by atoms with Crippen LogP contribution in [0.5, 0.6) is 0 Å². The van der Waals surface area contributed by atoms with E-state index in [1.807, 2.05) is 48.7 Å². The van der Waals surface area contributed by atoms with Crippen LogP contribution >= 0.6 is 0 Å². The number of rotatable bonds is 6. The Hall–Kier alpha value is -4.25. The zero-order chi connectivity index (χ0) is 23.5. The second-order valence-corrected chi connectivity index (χ2v) is 7.83. The molecule has 8 nitrogen and oxygen atoms in total. The van der Waals surface area contributed by atoms with Crippen LogP contribution in [0.3, 0.4) is 0 Å². The Morgan fingerprint density at radius 1 is 1.18 bits per heavy atom. The third-order valence-corrected chi connectivity index (χ3v) is 5.53. The molecule has 0 aliphatic heterocycles. The normalized spacial score (nSPS) is 11.8. The van der Waals surface area contributed by atoms with Gasteiger partial charge in [-0.3, -0.25) is 9.59 Å². The van der Waals surface area contributed by atoms with E-state index in [4.69, 9.17) is 15.0 Å². The van der Waals surface area contributed by atoms with E-state index in [1.54, 1.807) is 24.3 Å². The Morgan fingerprint density at radius 2 is 1.97 bits per heavy atom. The number of aromatic nitrogens is 3. The second-order valence-electron chi connectivity index (χ2n) is 7.83.